The summed E-state index contributed by atoms with van der Waals surface area (Å²) in [5.41, 5.74) is 0. The molecule has 4 heteroatoms. The third kappa shape index (κ3) is 4.72. The molecule has 1 atom stereocenters. The third-order valence-corrected chi connectivity index (χ3v) is 1.40. The largest absolute Gasteiger partial charge is 0.479 e. The SMILES string of the molecule is CC(Oc1ccccc1)C(=O)O.CCl. The number of ether oxygens (including phenoxy) is 1. The fraction of sp³-hybridized carbons (Fsp3) is 0.300. The predicted octanol–water partition coefficient (Wildman–Crippen LogP) is 2.39. The van der Waals surface area contributed by atoms with Crippen LogP contribution < -0.4 is 4.74 Å². The summed E-state index contributed by atoms with van der Waals surface area (Å²) in [6.07, 6.45) is 0.674. The number of hydrogen-bond donors (Lipinski definition) is 1. The molecular weight excluding hydrogens is 204 g/mol. The van der Waals surface area contributed by atoms with Gasteiger partial charge in [-0.15, -0.1) is 11.6 Å². The molecule has 0 fully saturated rings. The van der Waals surface area contributed by atoms with Crippen molar-refractivity contribution in [2.24, 2.45) is 0 Å². The number of alkyl halides is 1. The molecule has 1 aromatic carbocycles. The van der Waals surface area contributed by atoms with Crippen molar-refractivity contribution < 1.29 is 14.6 Å². The van der Waals surface area contributed by atoms with Crippen molar-refractivity contribution in [3.63, 3.8) is 0 Å². The van der Waals surface area contributed by atoms with Gasteiger partial charge < -0.3 is 9.84 Å². The Kier molecular flexibility index (Phi) is 6.58. The minimum Gasteiger partial charge on any atom is -0.479 e. The van der Waals surface area contributed by atoms with Crippen LogP contribution in [0.5, 0.6) is 5.75 Å². The summed E-state index contributed by atoms with van der Waals surface area (Å²) in [6.45, 7) is 1.50. The maximum absolute atomic E-state index is 10.4. The zero-order valence-corrected chi connectivity index (χ0v) is 8.86. The number of para-hydroxylation sites is 1. The van der Waals surface area contributed by atoms with Gasteiger partial charge in [-0.3, -0.25) is 0 Å². The molecule has 1 aromatic rings. The Morgan fingerprint density at radius 1 is 1.36 bits per heavy atom. The molecule has 1 N–H and O–H groups in total. The van der Waals surface area contributed by atoms with Crippen molar-refractivity contribution in [1.82, 2.24) is 0 Å². The first kappa shape index (κ1) is 12.8. The Morgan fingerprint density at radius 3 is 2.29 bits per heavy atom. The summed E-state index contributed by atoms with van der Waals surface area (Å²) >= 11 is 4.64. The van der Waals surface area contributed by atoms with Gasteiger partial charge in [0.15, 0.2) is 6.10 Å². The number of carboxylic acid groups (broad SMARTS) is 1. The second kappa shape index (κ2) is 7.21. The van der Waals surface area contributed by atoms with Crippen LogP contribution in [0.3, 0.4) is 0 Å². The van der Waals surface area contributed by atoms with Gasteiger partial charge in [0.05, 0.1) is 0 Å². The highest BCUT2D eigenvalue weighted by Crippen LogP contribution is 2.10. The smallest absolute Gasteiger partial charge is 0.344 e. The van der Waals surface area contributed by atoms with E-state index in [-0.39, 0.29) is 0 Å². The zero-order valence-electron chi connectivity index (χ0n) is 8.11. The van der Waals surface area contributed by atoms with Crippen LogP contribution in [0.15, 0.2) is 30.3 Å². The van der Waals surface area contributed by atoms with E-state index < -0.39 is 12.1 Å². The predicted molar refractivity (Wildman–Crippen MR) is 55.9 cm³/mol. The lowest BCUT2D eigenvalue weighted by molar-refractivity contribution is -0.144. The van der Waals surface area contributed by atoms with Crippen LogP contribution in [0.4, 0.5) is 0 Å². The number of carboxylic acids is 1. The van der Waals surface area contributed by atoms with Gasteiger partial charge in [-0.25, -0.2) is 4.79 Å². The van der Waals surface area contributed by atoms with Crippen LogP contribution in [0.1, 0.15) is 6.92 Å². The van der Waals surface area contributed by atoms with Crippen LogP contribution in [0, 0.1) is 0 Å². The Morgan fingerprint density at radius 2 is 1.86 bits per heavy atom. The van der Waals surface area contributed by atoms with Crippen molar-refractivity contribution in [2.45, 2.75) is 13.0 Å². The van der Waals surface area contributed by atoms with E-state index in [0.29, 0.717) is 5.75 Å². The number of halogens is 1. The highest BCUT2D eigenvalue weighted by molar-refractivity contribution is 6.15. The molecule has 0 aliphatic carbocycles. The van der Waals surface area contributed by atoms with Crippen LogP contribution in [0.2, 0.25) is 0 Å². The van der Waals surface area contributed by atoms with Crippen molar-refractivity contribution in [3.05, 3.63) is 30.3 Å². The fourth-order valence-corrected chi connectivity index (χ4v) is 0.754. The number of aliphatic carboxylic acids is 1. The molecule has 0 bridgehead atoms. The molecule has 0 aromatic heterocycles. The van der Waals surface area contributed by atoms with E-state index in [1.54, 1.807) is 24.3 Å². The van der Waals surface area contributed by atoms with Gasteiger partial charge in [-0.1, -0.05) is 18.2 Å². The van der Waals surface area contributed by atoms with Gasteiger partial charge in [0, 0.05) is 6.38 Å². The summed E-state index contributed by atoms with van der Waals surface area (Å²) in [4.78, 5) is 10.4. The van der Waals surface area contributed by atoms with Gasteiger partial charge in [-0.2, -0.15) is 0 Å². The summed E-state index contributed by atoms with van der Waals surface area (Å²) in [5, 5.41) is 8.52. The van der Waals surface area contributed by atoms with Crippen molar-refractivity contribution in [1.29, 1.82) is 0 Å². The average molecular weight is 217 g/mol. The Labute approximate surface area is 88.3 Å². The first-order valence-corrected chi connectivity index (χ1v) is 4.78. The number of rotatable bonds is 3. The molecule has 0 aliphatic heterocycles. The van der Waals surface area contributed by atoms with E-state index in [0.717, 1.165) is 0 Å². The molecule has 14 heavy (non-hydrogen) atoms. The summed E-state index contributed by atoms with van der Waals surface area (Å²) < 4.78 is 5.08. The van der Waals surface area contributed by atoms with Crippen LogP contribution in [-0.2, 0) is 4.79 Å². The molecule has 3 nitrogen and oxygen atoms in total. The molecule has 0 heterocycles. The second-order valence-corrected chi connectivity index (χ2v) is 2.41. The monoisotopic (exact) mass is 216 g/mol. The topological polar surface area (TPSA) is 46.5 Å². The van der Waals surface area contributed by atoms with Crippen molar-refractivity contribution >= 4 is 17.6 Å². The van der Waals surface area contributed by atoms with E-state index >= 15 is 0 Å². The third-order valence-electron chi connectivity index (χ3n) is 1.40. The molecule has 0 aliphatic rings. The molecule has 0 saturated carbocycles. The van der Waals surface area contributed by atoms with E-state index in [4.69, 9.17) is 9.84 Å². The summed E-state index contributed by atoms with van der Waals surface area (Å²) in [6, 6.07) is 8.88. The van der Waals surface area contributed by atoms with E-state index in [1.807, 2.05) is 6.07 Å². The Balaban J connectivity index is 0.000000791. The molecule has 78 valence electrons. The normalized spacial score (nSPS) is 10.8. The van der Waals surface area contributed by atoms with Crippen LogP contribution in [0.25, 0.3) is 0 Å². The fourth-order valence-electron chi connectivity index (χ4n) is 0.754. The summed E-state index contributed by atoms with van der Waals surface area (Å²) in [7, 11) is 0. The quantitative estimate of drug-likeness (QED) is 0.790. The maximum Gasteiger partial charge on any atom is 0.344 e. The second-order valence-electron chi connectivity index (χ2n) is 2.41. The number of carbonyl (C=O) groups is 1. The Bertz CT molecular complexity index is 261. The molecule has 0 spiro atoms. The first-order chi connectivity index (χ1) is 6.70. The van der Waals surface area contributed by atoms with Crippen molar-refractivity contribution in [3.8, 4) is 5.75 Å². The van der Waals surface area contributed by atoms with E-state index in [1.165, 1.54) is 13.3 Å². The van der Waals surface area contributed by atoms with E-state index in [9.17, 15) is 4.79 Å². The summed E-state index contributed by atoms with van der Waals surface area (Å²) in [5.74, 6) is -0.383. The lowest BCUT2D eigenvalue weighted by Gasteiger charge is -2.09. The maximum atomic E-state index is 10.4. The van der Waals surface area contributed by atoms with E-state index in [2.05, 4.69) is 11.6 Å². The van der Waals surface area contributed by atoms with Gasteiger partial charge in [-0.05, 0) is 19.1 Å². The zero-order chi connectivity index (χ0) is 11.0. The average Bonchev–Trinajstić information content (AvgIpc) is 2.22. The van der Waals surface area contributed by atoms with Crippen LogP contribution >= 0.6 is 11.6 Å². The number of benzene rings is 1. The molecule has 0 saturated heterocycles. The molecule has 1 rings (SSSR count). The highest BCUT2D eigenvalue weighted by Gasteiger charge is 2.11. The van der Waals surface area contributed by atoms with Gasteiger partial charge in [0.1, 0.15) is 5.75 Å². The standard InChI is InChI=1S/C9H10O3.CH3Cl/c1-7(9(10)11)12-8-5-3-2-4-6-8;1-2/h2-7H,1H3,(H,10,11);1H3. The highest BCUT2D eigenvalue weighted by atomic mass is 35.5. The molecule has 1 unspecified atom stereocenters. The molecule has 0 radical (unpaired) electrons. The van der Waals surface area contributed by atoms with Crippen molar-refractivity contribution in [2.75, 3.05) is 6.38 Å². The molecular formula is C10H13ClO3. The van der Waals surface area contributed by atoms with Gasteiger partial charge in [0.2, 0.25) is 0 Å². The number of hydrogen-bond acceptors (Lipinski definition) is 2. The first-order valence-electron chi connectivity index (χ1n) is 4.02. The van der Waals surface area contributed by atoms with Gasteiger partial charge >= 0.3 is 5.97 Å². The minimum absolute atomic E-state index is 0.576. The van der Waals surface area contributed by atoms with Gasteiger partial charge in [0.25, 0.3) is 0 Å². The lowest BCUT2D eigenvalue weighted by atomic mass is 10.3. The minimum atomic E-state index is -0.959. The lowest BCUT2D eigenvalue weighted by Crippen LogP contribution is -2.22. The molecule has 0 amide bonds. The van der Waals surface area contributed by atoms with Crippen LogP contribution in [-0.4, -0.2) is 23.6 Å². The Hall–Kier alpha value is -1.22.